The molecule has 3 N–H and O–H groups in total. The normalized spacial score (nSPS) is 19.2. The fourth-order valence-electron chi connectivity index (χ4n) is 2.74. The third-order valence-corrected chi connectivity index (χ3v) is 6.12. The summed E-state index contributed by atoms with van der Waals surface area (Å²) in [5.41, 5.74) is 5.90. The van der Waals surface area contributed by atoms with Crippen molar-refractivity contribution in [3.05, 3.63) is 33.8 Å². The maximum atomic E-state index is 12.6. The van der Waals surface area contributed by atoms with E-state index in [1.165, 1.54) is 4.31 Å². The standard InChI is InChI=1S/C15H21Cl2N3O3S/c16-13-6-11(7-14(17)8-13)10-24(22,23)20-5-1-2-12(9-20)15(21)19-4-3-18/h6-8,12H,1-5,9-10,18H2,(H,19,21). The quantitative estimate of drug-likeness (QED) is 0.767. The van der Waals surface area contributed by atoms with E-state index in [4.69, 9.17) is 28.9 Å². The molecule has 1 atom stereocenters. The van der Waals surface area contributed by atoms with Gasteiger partial charge in [0, 0.05) is 36.2 Å². The Morgan fingerprint density at radius 1 is 1.29 bits per heavy atom. The van der Waals surface area contributed by atoms with Gasteiger partial charge >= 0.3 is 0 Å². The van der Waals surface area contributed by atoms with E-state index in [9.17, 15) is 13.2 Å². The van der Waals surface area contributed by atoms with Crippen LogP contribution in [0.15, 0.2) is 18.2 Å². The van der Waals surface area contributed by atoms with Crippen LogP contribution in [0.25, 0.3) is 0 Å². The van der Waals surface area contributed by atoms with Gasteiger partial charge in [-0.25, -0.2) is 12.7 Å². The van der Waals surface area contributed by atoms with Gasteiger partial charge in [0.1, 0.15) is 0 Å². The van der Waals surface area contributed by atoms with Crippen molar-refractivity contribution in [2.75, 3.05) is 26.2 Å². The monoisotopic (exact) mass is 393 g/mol. The molecule has 1 aliphatic heterocycles. The van der Waals surface area contributed by atoms with Crippen molar-refractivity contribution in [1.82, 2.24) is 9.62 Å². The summed E-state index contributed by atoms with van der Waals surface area (Å²) in [6, 6.07) is 4.72. The van der Waals surface area contributed by atoms with Gasteiger partial charge in [0.25, 0.3) is 0 Å². The summed E-state index contributed by atoms with van der Waals surface area (Å²) in [4.78, 5) is 12.1. The highest BCUT2D eigenvalue weighted by Gasteiger charge is 2.32. The molecule has 0 saturated carbocycles. The van der Waals surface area contributed by atoms with Crippen molar-refractivity contribution in [3.8, 4) is 0 Å². The summed E-state index contributed by atoms with van der Waals surface area (Å²) in [6.07, 6.45) is 1.32. The minimum Gasteiger partial charge on any atom is -0.355 e. The SMILES string of the molecule is NCCNC(=O)C1CCCN(S(=O)(=O)Cc2cc(Cl)cc(Cl)c2)C1. The van der Waals surface area contributed by atoms with Gasteiger partial charge in [-0.1, -0.05) is 23.2 Å². The molecule has 0 radical (unpaired) electrons. The molecule has 24 heavy (non-hydrogen) atoms. The third kappa shape index (κ3) is 5.32. The van der Waals surface area contributed by atoms with Crippen molar-refractivity contribution in [3.63, 3.8) is 0 Å². The van der Waals surface area contributed by atoms with Gasteiger partial charge in [-0.05, 0) is 36.6 Å². The van der Waals surface area contributed by atoms with Gasteiger partial charge in [0.05, 0.1) is 11.7 Å². The minimum absolute atomic E-state index is 0.147. The number of benzene rings is 1. The Bertz CT molecular complexity index is 677. The van der Waals surface area contributed by atoms with E-state index in [2.05, 4.69) is 5.32 Å². The topological polar surface area (TPSA) is 92.5 Å². The van der Waals surface area contributed by atoms with Crippen LogP contribution in [0.3, 0.4) is 0 Å². The van der Waals surface area contributed by atoms with Crippen molar-refractivity contribution < 1.29 is 13.2 Å². The number of hydrogen-bond donors (Lipinski definition) is 2. The number of rotatable bonds is 6. The Morgan fingerprint density at radius 3 is 2.58 bits per heavy atom. The van der Waals surface area contributed by atoms with Crippen LogP contribution in [0.1, 0.15) is 18.4 Å². The predicted molar refractivity (Wildman–Crippen MR) is 95.4 cm³/mol. The number of nitrogens with two attached hydrogens (primary N) is 1. The Labute approximate surface area is 152 Å². The van der Waals surface area contributed by atoms with Gasteiger partial charge in [0.15, 0.2) is 0 Å². The molecule has 1 saturated heterocycles. The van der Waals surface area contributed by atoms with E-state index in [1.807, 2.05) is 0 Å². The van der Waals surface area contributed by atoms with Gasteiger partial charge in [-0.2, -0.15) is 0 Å². The number of halogens is 2. The van der Waals surface area contributed by atoms with Crippen LogP contribution in [0.4, 0.5) is 0 Å². The molecule has 1 aromatic carbocycles. The summed E-state index contributed by atoms with van der Waals surface area (Å²) < 4.78 is 26.7. The van der Waals surface area contributed by atoms with Gasteiger partial charge in [0.2, 0.25) is 15.9 Å². The smallest absolute Gasteiger partial charge is 0.224 e. The molecule has 9 heteroatoms. The molecule has 134 valence electrons. The zero-order valence-corrected chi connectivity index (χ0v) is 15.5. The van der Waals surface area contributed by atoms with E-state index in [-0.39, 0.29) is 24.1 Å². The molecule has 0 aromatic heterocycles. The second-order valence-electron chi connectivity index (χ2n) is 5.81. The average molecular weight is 394 g/mol. The van der Waals surface area contributed by atoms with Crippen molar-refractivity contribution in [2.24, 2.45) is 11.7 Å². The van der Waals surface area contributed by atoms with Crippen molar-refractivity contribution >= 4 is 39.1 Å². The zero-order valence-electron chi connectivity index (χ0n) is 13.2. The van der Waals surface area contributed by atoms with Crippen LogP contribution >= 0.6 is 23.2 Å². The van der Waals surface area contributed by atoms with Crippen LogP contribution in [0.5, 0.6) is 0 Å². The number of nitrogens with zero attached hydrogens (tertiary/aromatic N) is 1. The molecule has 6 nitrogen and oxygen atoms in total. The van der Waals surface area contributed by atoms with Crippen LogP contribution in [0, 0.1) is 5.92 Å². The lowest BCUT2D eigenvalue weighted by atomic mass is 9.99. The molecule has 2 rings (SSSR count). The van der Waals surface area contributed by atoms with Crippen LogP contribution in [-0.4, -0.2) is 44.8 Å². The fraction of sp³-hybridized carbons (Fsp3) is 0.533. The van der Waals surface area contributed by atoms with Gasteiger partial charge in [-0.15, -0.1) is 0 Å². The van der Waals surface area contributed by atoms with Crippen LogP contribution in [0.2, 0.25) is 10.0 Å². The van der Waals surface area contributed by atoms with E-state index < -0.39 is 10.0 Å². The Balaban J connectivity index is 2.06. The maximum absolute atomic E-state index is 12.6. The first-order chi connectivity index (χ1) is 11.3. The molecule has 1 fully saturated rings. The summed E-state index contributed by atoms with van der Waals surface area (Å²) in [6.45, 7) is 1.35. The van der Waals surface area contributed by atoms with Crippen LogP contribution in [-0.2, 0) is 20.6 Å². The molecule has 0 aliphatic carbocycles. The predicted octanol–water partition coefficient (Wildman–Crippen LogP) is 1.61. The summed E-state index contributed by atoms with van der Waals surface area (Å²) in [5, 5.41) is 3.51. The first kappa shape index (κ1) is 19.5. The summed E-state index contributed by atoms with van der Waals surface area (Å²) in [5.74, 6) is -0.682. The lowest BCUT2D eigenvalue weighted by Crippen LogP contribution is -2.46. The van der Waals surface area contributed by atoms with E-state index in [1.54, 1.807) is 18.2 Å². The number of piperidine rings is 1. The zero-order chi connectivity index (χ0) is 17.7. The fourth-order valence-corrected chi connectivity index (χ4v) is 4.90. The highest BCUT2D eigenvalue weighted by atomic mass is 35.5. The summed E-state index contributed by atoms with van der Waals surface area (Å²) in [7, 11) is -3.55. The van der Waals surface area contributed by atoms with Crippen molar-refractivity contribution in [1.29, 1.82) is 0 Å². The lowest BCUT2D eigenvalue weighted by Gasteiger charge is -2.31. The third-order valence-electron chi connectivity index (χ3n) is 3.86. The molecule has 0 bridgehead atoms. The average Bonchev–Trinajstić information content (AvgIpc) is 2.51. The number of carbonyl (C=O) groups excluding carboxylic acids is 1. The number of carbonyl (C=O) groups is 1. The molecule has 1 aliphatic rings. The van der Waals surface area contributed by atoms with Gasteiger partial charge < -0.3 is 11.1 Å². The maximum Gasteiger partial charge on any atom is 0.224 e. The first-order valence-corrected chi connectivity index (χ1v) is 10.1. The lowest BCUT2D eigenvalue weighted by molar-refractivity contribution is -0.126. The van der Waals surface area contributed by atoms with Crippen molar-refractivity contribution in [2.45, 2.75) is 18.6 Å². The van der Waals surface area contributed by atoms with Gasteiger partial charge in [-0.3, -0.25) is 4.79 Å². The van der Waals surface area contributed by atoms with E-state index >= 15 is 0 Å². The molecule has 1 unspecified atom stereocenters. The largest absolute Gasteiger partial charge is 0.355 e. The number of hydrogen-bond acceptors (Lipinski definition) is 4. The molecule has 1 aromatic rings. The molecular weight excluding hydrogens is 373 g/mol. The highest BCUT2D eigenvalue weighted by molar-refractivity contribution is 7.88. The Hall–Kier alpha value is -0.860. The Kier molecular flexibility index (Phi) is 6.88. The second-order valence-corrected chi connectivity index (χ2v) is 8.65. The second kappa shape index (κ2) is 8.49. The molecule has 1 amide bonds. The molecule has 0 spiro atoms. The van der Waals surface area contributed by atoms with E-state index in [0.717, 1.165) is 0 Å². The molecule has 1 heterocycles. The first-order valence-electron chi connectivity index (χ1n) is 7.72. The van der Waals surface area contributed by atoms with E-state index in [0.29, 0.717) is 48.1 Å². The summed E-state index contributed by atoms with van der Waals surface area (Å²) >= 11 is 11.8. The number of nitrogens with one attached hydrogen (secondary N) is 1. The highest BCUT2D eigenvalue weighted by Crippen LogP contribution is 2.24. The Morgan fingerprint density at radius 2 is 1.96 bits per heavy atom. The number of sulfonamides is 1. The minimum atomic E-state index is -3.55. The molecular formula is C15H21Cl2N3O3S. The number of amides is 1. The van der Waals surface area contributed by atoms with Crippen LogP contribution < -0.4 is 11.1 Å².